The van der Waals surface area contributed by atoms with Gasteiger partial charge in [-0.1, -0.05) is 0 Å². The molecular weight excluding hydrogens is 102 g/mol. The predicted octanol–water partition coefficient (Wildman–Crippen LogP) is 1.04. The summed E-state index contributed by atoms with van der Waals surface area (Å²) in [6, 6.07) is 0. The van der Waals surface area contributed by atoms with E-state index in [0.29, 0.717) is 4.65 Å². The summed E-state index contributed by atoms with van der Waals surface area (Å²) in [6.45, 7) is 0. The van der Waals surface area contributed by atoms with Gasteiger partial charge in [0.2, 0.25) is 0 Å². The molecule has 0 saturated heterocycles. The van der Waals surface area contributed by atoms with Gasteiger partial charge in [-0.3, -0.25) is 0 Å². The van der Waals surface area contributed by atoms with Crippen molar-refractivity contribution in [2.24, 2.45) is 0 Å². The summed E-state index contributed by atoms with van der Waals surface area (Å²) in [5.74, 6) is 0. The largest absolute Gasteiger partial charge is 0.319 e. The number of hydroxylamine groups is 3. The Morgan fingerprint density at radius 2 is 2.00 bits per heavy atom. The summed E-state index contributed by atoms with van der Waals surface area (Å²) < 4.78 is 0.483. The topological polar surface area (TPSA) is 9.23 Å². The first-order valence-electron chi connectivity index (χ1n) is 2.57. The van der Waals surface area contributed by atoms with Gasteiger partial charge in [0.1, 0.15) is 20.3 Å². The second kappa shape index (κ2) is 1.63. The standard InChI is InChI=1S/C6H10NO/c1-7(2)5-3-4-6-8-7/h3-6H,1-2H3/q+1. The van der Waals surface area contributed by atoms with Crippen molar-refractivity contribution in [1.29, 1.82) is 0 Å². The summed E-state index contributed by atoms with van der Waals surface area (Å²) >= 11 is 0. The number of hydrogen-bond donors (Lipinski definition) is 0. The van der Waals surface area contributed by atoms with Gasteiger partial charge in [-0.05, 0) is 12.2 Å². The number of hydrogen-bond acceptors (Lipinski definition) is 1. The van der Waals surface area contributed by atoms with Gasteiger partial charge in [-0.2, -0.15) is 0 Å². The Balaban J connectivity index is 2.65. The molecule has 1 heterocycles. The molecule has 0 N–H and O–H groups in total. The van der Waals surface area contributed by atoms with Crippen LogP contribution < -0.4 is 0 Å². The second-order valence-corrected chi connectivity index (χ2v) is 2.21. The molecular formula is C6H10NO+. The first kappa shape index (κ1) is 5.38. The third kappa shape index (κ3) is 1.10. The average Bonchev–Trinajstić information content (AvgIpc) is 1.65. The minimum Gasteiger partial charge on any atom is -0.319 e. The number of quaternary nitrogens is 1. The highest BCUT2D eigenvalue weighted by molar-refractivity contribution is 4.97. The highest BCUT2D eigenvalue weighted by Gasteiger charge is 2.11. The van der Waals surface area contributed by atoms with Gasteiger partial charge in [0, 0.05) is 0 Å². The molecule has 0 atom stereocenters. The molecule has 44 valence electrons. The van der Waals surface area contributed by atoms with Crippen LogP contribution in [0.2, 0.25) is 0 Å². The van der Waals surface area contributed by atoms with Crippen LogP contribution in [0.1, 0.15) is 0 Å². The van der Waals surface area contributed by atoms with Gasteiger partial charge in [-0.15, -0.1) is 4.65 Å². The fourth-order valence-corrected chi connectivity index (χ4v) is 0.529. The lowest BCUT2D eigenvalue weighted by Gasteiger charge is -2.21. The van der Waals surface area contributed by atoms with Gasteiger partial charge >= 0.3 is 0 Å². The summed E-state index contributed by atoms with van der Waals surface area (Å²) in [5, 5.41) is 0. The molecule has 0 aromatic heterocycles. The van der Waals surface area contributed by atoms with Crippen molar-refractivity contribution in [2.75, 3.05) is 14.1 Å². The molecule has 0 radical (unpaired) electrons. The molecule has 2 heteroatoms. The molecule has 1 aliphatic heterocycles. The van der Waals surface area contributed by atoms with Crippen molar-refractivity contribution in [2.45, 2.75) is 0 Å². The number of rotatable bonds is 0. The SMILES string of the molecule is C[N+]1(C)C=CC=CO1. The van der Waals surface area contributed by atoms with Gasteiger partial charge in [0.05, 0.1) is 0 Å². The van der Waals surface area contributed by atoms with Gasteiger partial charge in [0.15, 0.2) is 6.26 Å². The number of allylic oxidation sites excluding steroid dienone is 2. The minimum atomic E-state index is 0.483. The molecule has 0 spiro atoms. The first-order valence-corrected chi connectivity index (χ1v) is 2.57. The molecule has 2 nitrogen and oxygen atoms in total. The van der Waals surface area contributed by atoms with Crippen LogP contribution in [0, 0.1) is 0 Å². The lowest BCUT2D eigenvalue weighted by Crippen LogP contribution is -2.31. The molecule has 0 fully saturated rings. The van der Waals surface area contributed by atoms with Crippen LogP contribution in [-0.2, 0) is 4.84 Å². The first-order chi connectivity index (χ1) is 3.71. The van der Waals surface area contributed by atoms with Crippen LogP contribution in [0.5, 0.6) is 0 Å². The quantitative estimate of drug-likeness (QED) is 0.425. The Hall–Kier alpha value is -0.760. The van der Waals surface area contributed by atoms with E-state index in [1.807, 2.05) is 32.4 Å². The molecule has 0 bridgehead atoms. The van der Waals surface area contributed by atoms with Gasteiger partial charge in [0.25, 0.3) is 0 Å². The van der Waals surface area contributed by atoms with Gasteiger partial charge in [-0.25, -0.2) is 0 Å². The van der Waals surface area contributed by atoms with Crippen molar-refractivity contribution < 1.29 is 9.48 Å². The maximum absolute atomic E-state index is 5.14. The van der Waals surface area contributed by atoms with Crippen LogP contribution in [0.4, 0.5) is 0 Å². The zero-order valence-corrected chi connectivity index (χ0v) is 5.16. The Bertz CT molecular complexity index is 135. The minimum absolute atomic E-state index is 0.483. The monoisotopic (exact) mass is 112 g/mol. The molecule has 0 aromatic carbocycles. The van der Waals surface area contributed by atoms with E-state index in [1.54, 1.807) is 6.26 Å². The molecule has 0 amide bonds. The normalized spacial score (nSPS) is 22.8. The van der Waals surface area contributed by atoms with E-state index in [2.05, 4.69) is 0 Å². The van der Waals surface area contributed by atoms with E-state index >= 15 is 0 Å². The van der Waals surface area contributed by atoms with Crippen LogP contribution in [0.3, 0.4) is 0 Å². The van der Waals surface area contributed by atoms with E-state index in [0.717, 1.165) is 0 Å². The molecule has 0 aromatic rings. The van der Waals surface area contributed by atoms with E-state index in [9.17, 15) is 0 Å². The van der Waals surface area contributed by atoms with E-state index < -0.39 is 0 Å². The fourth-order valence-electron chi connectivity index (χ4n) is 0.529. The Kier molecular flexibility index (Phi) is 1.10. The Morgan fingerprint density at radius 3 is 2.25 bits per heavy atom. The summed E-state index contributed by atoms with van der Waals surface area (Å²) in [6.07, 6.45) is 7.47. The highest BCUT2D eigenvalue weighted by Crippen LogP contribution is 2.05. The maximum Gasteiger partial charge on any atom is 0.155 e. The lowest BCUT2D eigenvalue weighted by molar-refractivity contribution is -1.03. The molecule has 1 aliphatic rings. The average molecular weight is 112 g/mol. The van der Waals surface area contributed by atoms with Crippen molar-refractivity contribution in [3.63, 3.8) is 0 Å². The zero-order valence-electron chi connectivity index (χ0n) is 5.16. The predicted molar refractivity (Wildman–Crippen MR) is 31.5 cm³/mol. The summed E-state index contributed by atoms with van der Waals surface area (Å²) in [7, 11) is 3.92. The molecule has 0 aliphatic carbocycles. The smallest absolute Gasteiger partial charge is 0.155 e. The lowest BCUT2D eigenvalue weighted by atomic mass is 10.5. The zero-order chi connectivity index (χ0) is 6.04. The fraction of sp³-hybridized carbons (Fsp3) is 0.333. The van der Waals surface area contributed by atoms with Crippen LogP contribution in [0.25, 0.3) is 0 Å². The van der Waals surface area contributed by atoms with Crippen molar-refractivity contribution >= 4 is 0 Å². The van der Waals surface area contributed by atoms with E-state index in [1.165, 1.54) is 0 Å². The van der Waals surface area contributed by atoms with Crippen LogP contribution in [0.15, 0.2) is 24.6 Å². The second-order valence-electron chi connectivity index (χ2n) is 2.21. The Labute approximate surface area is 49.2 Å². The summed E-state index contributed by atoms with van der Waals surface area (Å²) in [5.41, 5.74) is 0. The summed E-state index contributed by atoms with van der Waals surface area (Å²) in [4.78, 5) is 5.14. The number of nitrogens with zero attached hydrogens (tertiary/aromatic N) is 1. The molecule has 0 saturated carbocycles. The van der Waals surface area contributed by atoms with Crippen molar-refractivity contribution in [3.8, 4) is 0 Å². The highest BCUT2D eigenvalue weighted by atomic mass is 16.7. The van der Waals surface area contributed by atoms with E-state index in [4.69, 9.17) is 4.84 Å². The Morgan fingerprint density at radius 1 is 1.25 bits per heavy atom. The molecule has 1 rings (SSSR count). The third-order valence-electron chi connectivity index (χ3n) is 0.967. The van der Waals surface area contributed by atoms with Crippen LogP contribution in [-0.4, -0.2) is 18.7 Å². The third-order valence-corrected chi connectivity index (χ3v) is 0.967. The van der Waals surface area contributed by atoms with Crippen molar-refractivity contribution in [1.82, 2.24) is 0 Å². The van der Waals surface area contributed by atoms with Crippen molar-refractivity contribution in [3.05, 3.63) is 24.6 Å². The van der Waals surface area contributed by atoms with Gasteiger partial charge < -0.3 is 4.84 Å². The van der Waals surface area contributed by atoms with E-state index in [-0.39, 0.29) is 0 Å². The maximum atomic E-state index is 5.14. The molecule has 8 heavy (non-hydrogen) atoms. The molecule has 0 unspecified atom stereocenters. The van der Waals surface area contributed by atoms with Crippen LogP contribution >= 0.6 is 0 Å².